The maximum absolute atomic E-state index is 12.4. The third-order valence-corrected chi connectivity index (χ3v) is 4.80. The average molecular weight is 383 g/mol. The molecule has 1 fully saturated rings. The number of carbonyl (C=O) groups is 3. The summed E-state index contributed by atoms with van der Waals surface area (Å²) in [4.78, 5) is 37.0. The second kappa shape index (κ2) is 6.81. The number of rotatable bonds is 3. The summed E-state index contributed by atoms with van der Waals surface area (Å²) >= 11 is 4.94. The van der Waals surface area contributed by atoms with Crippen molar-refractivity contribution >= 4 is 41.2 Å². The summed E-state index contributed by atoms with van der Waals surface area (Å²) in [6.45, 7) is 3.71. The molecule has 0 aliphatic carbocycles. The van der Waals surface area contributed by atoms with Crippen molar-refractivity contribution in [1.82, 2.24) is 14.8 Å². The summed E-state index contributed by atoms with van der Waals surface area (Å²) < 4.78 is 1.87. The van der Waals surface area contributed by atoms with Gasteiger partial charge in [0.1, 0.15) is 5.57 Å². The van der Waals surface area contributed by atoms with Gasteiger partial charge in [0.25, 0.3) is 11.8 Å². The van der Waals surface area contributed by atoms with Gasteiger partial charge in [-0.2, -0.15) is 0 Å². The van der Waals surface area contributed by atoms with Crippen LogP contribution in [0.1, 0.15) is 27.3 Å². The number of benzene rings is 1. The first-order valence-electron chi connectivity index (χ1n) is 8.08. The zero-order valence-corrected chi connectivity index (χ0v) is 15.8. The van der Waals surface area contributed by atoms with Crippen LogP contribution >= 0.6 is 12.2 Å². The van der Waals surface area contributed by atoms with Crippen LogP contribution in [0.25, 0.3) is 11.8 Å². The lowest BCUT2D eigenvalue weighted by atomic mass is 10.1. The molecule has 3 rings (SSSR count). The summed E-state index contributed by atoms with van der Waals surface area (Å²) in [7, 11) is 1.50. The third-order valence-electron chi connectivity index (χ3n) is 4.43. The molecule has 1 saturated heterocycles. The van der Waals surface area contributed by atoms with Gasteiger partial charge in [-0.3, -0.25) is 19.8 Å². The Morgan fingerprint density at radius 1 is 1.22 bits per heavy atom. The predicted octanol–water partition coefficient (Wildman–Crippen LogP) is 2.05. The van der Waals surface area contributed by atoms with Gasteiger partial charge in [-0.05, 0) is 62.0 Å². The fraction of sp³-hybridized carbons (Fsp3) is 0.158. The number of carboxylic acids is 1. The van der Waals surface area contributed by atoms with Crippen LogP contribution in [0.5, 0.6) is 0 Å². The van der Waals surface area contributed by atoms with Crippen molar-refractivity contribution in [2.75, 3.05) is 7.05 Å². The minimum absolute atomic E-state index is 0.00867. The van der Waals surface area contributed by atoms with Crippen molar-refractivity contribution in [3.63, 3.8) is 0 Å². The van der Waals surface area contributed by atoms with Crippen molar-refractivity contribution in [3.05, 3.63) is 58.4 Å². The Kier molecular flexibility index (Phi) is 4.67. The first-order chi connectivity index (χ1) is 12.7. The number of carboxylic acid groups (broad SMARTS) is 1. The molecule has 1 aromatic carbocycles. The summed E-state index contributed by atoms with van der Waals surface area (Å²) in [6.07, 6.45) is 1.52. The molecule has 8 heteroatoms. The molecule has 0 saturated carbocycles. The molecule has 0 bridgehead atoms. The van der Waals surface area contributed by atoms with Crippen molar-refractivity contribution in [2.24, 2.45) is 0 Å². The molecule has 138 valence electrons. The molecule has 2 amide bonds. The molecule has 0 unspecified atom stereocenters. The Labute approximate surface area is 160 Å². The first kappa shape index (κ1) is 18.5. The van der Waals surface area contributed by atoms with Gasteiger partial charge in [-0.15, -0.1) is 0 Å². The number of carbonyl (C=O) groups excluding carboxylic acids is 2. The molecule has 1 aliphatic rings. The molecule has 2 aromatic rings. The number of aryl methyl sites for hydroxylation is 1. The van der Waals surface area contributed by atoms with E-state index in [1.54, 1.807) is 18.2 Å². The van der Waals surface area contributed by atoms with Crippen LogP contribution in [0.2, 0.25) is 0 Å². The van der Waals surface area contributed by atoms with Gasteiger partial charge in [0.15, 0.2) is 5.11 Å². The Balaban J connectivity index is 2.08. The summed E-state index contributed by atoms with van der Waals surface area (Å²) in [6, 6.07) is 8.40. The van der Waals surface area contributed by atoms with E-state index >= 15 is 0 Å². The Hall–Kier alpha value is -3.26. The number of likely N-dealkylation sites (N-methyl/N-ethyl adjacent to an activating group) is 1. The average Bonchev–Trinajstić information content (AvgIpc) is 2.90. The van der Waals surface area contributed by atoms with Crippen molar-refractivity contribution < 1.29 is 19.5 Å². The number of aromatic nitrogens is 1. The molecule has 0 radical (unpaired) electrons. The minimum atomic E-state index is -1.01. The predicted molar refractivity (Wildman–Crippen MR) is 104 cm³/mol. The highest BCUT2D eigenvalue weighted by molar-refractivity contribution is 7.80. The van der Waals surface area contributed by atoms with E-state index in [1.165, 1.54) is 24.1 Å². The Bertz CT molecular complexity index is 1040. The molecule has 2 heterocycles. The largest absolute Gasteiger partial charge is 0.478 e. The molecule has 1 aromatic heterocycles. The second-order valence-corrected chi connectivity index (χ2v) is 6.59. The number of thiocarbonyl (C=S) groups is 1. The van der Waals surface area contributed by atoms with Crippen LogP contribution in [0.3, 0.4) is 0 Å². The Morgan fingerprint density at radius 3 is 2.59 bits per heavy atom. The summed E-state index contributed by atoms with van der Waals surface area (Å²) in [5.41, 5.74) is 3.16. The number of nitrogens with one attached hydrogen (secondary N) is 1. The van der Waals surface area contributed by atoms with E-state index in [2.05, 4.69) is 5.32 Å². The van der Waals surface area contributed by atoms with Gasteiger partial charge < -0.3 is 9.67 Å². The molecule has 0 spiro atoms. The summed E-state index contributed by atoms with van der Waals surface area (Å²) in [5, 5.41) is 11.8. The molecule has 27 heavy (non-hydrogen) atoms. The number of amides is 2. The minimum Gasteiger partial charge on any atom is -0.478 e. The standard InChI is InChI=1S/C19H17N3O4S/c1-10-7-13(9-15-16(23)20-19(27)21(3)17(15)24)11(2)22(10)14-6-4-5-12(8-14)18(25)26/h4-9H,1-3H3,(H,25,26)(H,20,23,27)/b15-9+. The van der Waals surface area contributed by atoms with Crippen LogP contribution < -0.4 is 5.32 Å². The SMILES string of the molecule is Cc1cc(/C=C2\C(=O)NC(=S)N(C)C2=O)c(C)n1-c1cccc(C(=O)O)c1. The lowest BCUT2D eigenvalue weighted by molar-refractivity contribution is -0.128. The molecule has 1 aliphatic heterocycles. The molecular weight excluding hydrogens is 366 g/mol. The smallest absolute Gasteiger partial charge is 0.335 e. The number of nitrogens with zero attached hydrogens (tertiary/aromatic N) is 2. The van der Waals surface area contributed by atoms with E-state index in [0.29, 0.717) is 11.3 Å². The van der Waals surface area contributed by atoms with E-state index in [4.69, 9.17) is 12.2 Å². The van der Waals surface area contributed by atoms with E-state index in [9.17, 15) is 19.5 Å². The van der Waals surface area contributed by atoms with E-state index in [1.807, 2.05) is 24.5 Å². The van der Waals surface area contributed by atoms with Crippen LogP contribution in [-0.2, 0) is 9.59 Å². The highest BCUT2D eigenvalue weighted by Gasteiger charge is 2.31. The fourth-order valence-corrected chi connectivity index (χ4v) is 3.19. The quantitative estimate of drug-likeness (QED) is 0.481. The van der Waals surface area contributed by atoms with Gasteiger partial charge in [0.2, 0.25) is 0 Å². The number of hydrogen-bond acceptors (Lipinski definition) is 4. The summed E-state index contributed by atoms with van der Waals surface area (Å²) in [5.74, 6) is -2.02. The fourth-order valence-electron chi connectivity index (χ4n) is 3.01. The monoisotopic (exact) mass is 383 g/mol. The molecule has 2 N–H and O–H groups in total. The van der Waals surface area contributed by atoms with Gasteiger partial charge >= 0.3 is 5.97 Å². The maximum Gasteiger partial charge on any atom is 0.335 e. The van der Waals surface area contributed by atoms with Gasteiger partial charge in [-0.1, -0.05) is 6.07 Å². The lowest BCUT2D eigenvalue weighted by Crippen LogP contribution is -2.52. The highest BCUT2D eigenvalue weighted by atomic mass is 32.1. The molecule has 0 atom stereocenters. The van der Waals surface area contributed by atoms with E-state index in [0.717, 1.165) is 11.4 Å². The number of hydrogen-bond donors (Lipinski definition) is 2. The van der Waals surface area contributed by atoms with E-state index < -0.39 is 17.8 Å². The highest BCUT2D eigenvalue weighted by Crippen LogP contribution is 2.24. The first-order valence-corrected chi connectivity index (χ1v) is 8.49. The van der Waals surface area contributed by atoms with Crippen molar-refractivity contribution in [1.29, 1.82) is 0 Å². The third kappa shape index (κ3) is 3.26. The van der Waals surface area contributed by atoms with Gasteiger partial charge in [0.05, 0.1) is 5.56 Å². The maximum atomic E-state index is 12.4. The topological polar surface area (TPSA) is 91.6 Å². The zero-order chi connectivity index (χ0) is 19.9. The molecule has 7 nitrogen and oxygen atoms in total. The van der Waals surface area contributed by atoms with Gasteiger partial charge in [-0.25, -0.2) is 4.79 Å². The van der Waals surface area contributed by atoms with Crippen molar-refractivity contribution in [3.8, 4) is 5.69 Å². The normalized spacial score (nSPS) is 16.0. The number of aromatic carboxylic acids is 1. The van der Waals surface area contributed by atoms with Gasteiger partial charge in [0, 0.05) is 24.1 Å². The second-order valence-electron chi connectivity index (χ2n) is 6.20. The lowest BCUT2D eigenvalue weighted by Gasteiger charge is -2.25. The zero-order valence-electron chi connectivity index (χ0n) is 14.9. The van der Waals surface area contributed by atoms with Crippen LogP contribution in [0.4, 0.5) is 0 Å². The van der Waals surface area contributed by atoms with Crippen molar-refractivity contribution in [2.45, 2.75) is 13.8 Å². The van der Waals surface area contributed by atoms with Crippen LogP contribution in [-0.4, -0.2) is 44.5 Å². The molecular formula is C19H17N3O4S. The van der Waals surface area contributed by atoms with Crippen LogP contribution in [0, 0.1) is 13.8 Å². The van der Waals surface area contributed by atoms with E-state index in [-0.39, 0.29) is 16.2 Å². The van der Waals surface area contributed by atoms with Crippen LogP contribution in [0.15, 0.2) is 35.9 Å². The Morgan fingerprint density at radius 2 is 1.93 bits per heavy atom.